The predicted molar refractivity (Wildman–Crippen MR) is 93.0 cm³/mol. The third-order valence-corrected chi connectivity index (χ3v) is 3.76. The number of hydrogen-bond acceptors (Lipinski definition) is 5. The van der Waals surface area contributed by atoms with Crippen molar-refractivity contribution in [2.24, 2.45) is 0 Å². The van der Waals surface area contributed by atoms with Gasteiger partial charge < -0.3 is 14.1 Å². The molecule has 24 heavy (non-hydrogen) atoms. The van der Waals surface area contributed by atoms with E-state index in [1.54, 1.807) is 12.3 Å². The van der Waals surface area contributed by atoms with Gasteiger partial charge in [-0.1, -0.05) is 12.1 Å². The molecule has 1 aromatic carbocycles. The van der Waals surface area contributed by atoms with E-state index < -0.39 is 0 Å². The Morgan fingerprint density at radius 3 is 2.46 bits per heavy atom. The van der Waals surface area contributed by atoms with E-state index in [2.05, 4.69) is 11.1 Å². The van der Waals surface area contributed by atoms with Crippen molar-refractivity contribution in [1.82, 2.24) is 4.98 Å². The summed E-state index contributed by atoms with van der Waals surface area (Å²) in [6, 6.07) is 15.7. The monoisotopic (exact) mass is 319 g/mol. The van der Waals surface area contributed by atoms with Gasteiger partial charge in [0.15, 0.2) is 5.76 Å². The number of furan rings is 1. The van der Waals surface area contributed by atoms with Crippen LogP contribution >= 0.6 is 0 Å². The molecule has 0 unspecified atom stereocenters. The molecule has 0 bridgehead atoms. The average Bonchev–Trinajstić information content (AvgIpc) is 3.15. The number of ether oxygens (including phenoxy) is 1. The van der Waals surface area contributed by atoms with Crippen molar-refractivity contribution in [2.45, 2.75) is 0 Å². The minimum Gasteiger partial charge on any atom is -0.480 e. The number of nitriles is 1. The van der Waals surface area contributed by atoms with E-state index in [0.29, 0.717) is 17.0 Å². The third-order valence-electron chi connectivity index (χ3n) is 3.76. The van der Waals surface area contributed by atoms with Crippen LogP contribution in [0.15, 0.2) is 53.1 Å². The molecule has 2 aromatic heterocycles. The highest BCUT2D eigenvalue weighted by Gasteiger charge is 2.17. The smallest absolute Gasteiger partial charge is 0.232 e. The van der Waals surface area contributed by atoms with E-state index in [9.17, 15) is 5.26 Å². The van der Waals surface area contributed by atoms with Gasteiger partial charge in [-0.25, -0.2) is 4.98 Å². The van der Waals surface area contributed by atoms with Crippen LogP contribution in [-0.2, 0) is 0 Å². The van der Waals surface area contributed by atoms with Crippen molar-refractivity contribution < 1.29 is 9.15 Å². The van der Waals surface area contributed by atoms with Crippen molar-refractivity contribution in [3.63, 3.8) is 0 Å². The zero-order chi connectivity index (χ0) is 17.1. The topological polar surface area (TPSA) is 62.3 Å². The van der Waals surface area contributed by atoms with Gasteiger partial charge in [0.1, 0.15) is 17.3 Å². The van der Waals surface area contributed by atoms with Crippen molar-refractivity contribution in [1.29, 1.82) is 5.26 Å². The molecule has 0 fully saturated rings. The number of benzene rings is 1. The number of hydrogen-bond donors (Lipinski definition) is 0. The number of rotatable bonds is 4. The lowest BCUT2D eigenvalue weighted by Crippen LogP contribution is -2.08. The minimum absolute atomic E-state index is 0.290. The first-order chi connectivity index (χ1) is 11.6. The Morgan fingerprint density at radius 1 is 1.17 bits per heavy atom. The third kappa shape index (κ3) is 2.82. The fourth-order valence-corrected chi connectivity index (χ4v) is 2.49. The molecule has 5 heteroatoms. The van der Waals surface area contributed by atoms with E-state index in [1.165, 1.54) is 7.11 Å². The molecule has 2 heterocycles. The standard InChI is InChI=1S/C19H17N3O2/c1-22(2)14-8-6-13(7-9-14)15-11-17(18-5-4-10-24-18)21-19(23-3)16(15)12-20/h4-11H,1-3H3. The zero-order valence-electron chi connectivity index (χ0n) is 13.8. The lowest BCUT2D eigenvalue weighted by Gasteiger charge is -2.14. The van der Waals surface area contributed by atoms with Crippen LogP contribution in [0.3, 0.4) is 0 Å². The van der Waals surface area contributed by atoms with Gasteiger partial charge in [-0.3, -0.25) is 0 Å². The summed E-state index contributed by atoms with van der Waals surface area (Å²) in [5.41, 5.74) is 3.81. The van der Waals surface area contributed by atoms with E-state index in [-0.39, 0.29) is 5.88 Å². The van der Waals surface area contributed by atoms with Crippen LogP contribution in [0.1, 0.15) is 5.56 Å². The van der Waals surface area contributed by atoms with Crippen LogP contribution in [0.4, 0.5) is 5.69 Å². The number of methoxy groups -OCH3 is 1. The molecule has 120 valence electrons. The summed E-state index contributed by atoms with van der Waals surface area (Å²) < 4.78 is 10.7. The summed E-state index contributed by atoms with van der Waals surface area (Å²) in [6.45, 7) is 0. The summed E-state index contributed by atoms with van der Waals surface area (Å²) >= 11 is 0. The van der Waals surface area contributed by atoms with Gasteiger partial charge in [-0.2, -0.15) is 5.26 Å². The lowest BCUT2D eigenvalue weighted by atomic mass is 10.00. The molecule has 0 aliphatic rings. The van der Waals surface area contributed by atoms with Gasteiger partial charge in [-0.05, 0) is 35.9 Å². The van der Waals surface area contributed by atoms with Crippen LogP contribution in [0.5, 0.6) is 5.88 Å². The van der Waals surface area contributed by atoms with Crippen molar-refractivity contribution in [3.8, 4) is 34.5 Å². The molecule has 0 saturated carbocycles. The first-order valence-corrected chi connectivity index (χ1v) is 7.45. The maximum absolute atomic E-state index is 9.55. The highest BCUT2D eigenvalue weighted by Crippen LogP contribution is 2.34. The Labute approximate surface area is 140 Å². The van der Waals surface area contributed by atoms with E-state index in [1.807, 2.05) is 55.4 Å². The molecule has 0 atom stereocenters. The van der Waals surface area contributed by atoms with Gasteiger partial charge in [0.25, 0.3) is 0 Å². The Balaban J connectivity index is 2.18. The molecule has 0 spiro atoms. The van der Waals surface area contributed by atoms with Crippen LogP contribution in [0.2, 0.25) is 0 Å². The Hall–Kier alpha value is -3.26. The molecule has 3 rings (SSSR count). The molecular formula is C19H17N3O2. The number of pyridine rings is 1. The summed E-state index contributed by atoms with van der Waals surface area (Å²) in [4.78, 5) is 6.41. The van der Waals surface area contributed by atoms with Crippen molar-refractivity contribution in [3.05, 3.63) is 54.3 Å². The maximum atomic E-state index is 9.55. The Bertz CT molecular complexity index is 876. The normalized spacial score (nSPS) is 10.2. The molecule has 0 aliphatic heterocycles. The maximum Gasteiger partial charge on any atom is 0.232 e. The van der Waals surface area contributed by atoms with E-state index in [4.69, 9.17) is 9.15 Å². The van der Waals surface area contributed by atoms with Gasteiger partial charge >= 0.3 is 0 Å². The SMILES string of the molecule is COc1nc(-c2ccco2)cc(-c2ccc(N(C)C)cc2)c1C#N. The lowest BCUT2D eigenvalue weighted by molar-refractivity contribution is 0.397. The molecule has 0 aliphatic carbocycles. The summed E-state index contributed by atoms with van der Waals surface area (Å²) in [6.07, 6.45) is 1.59. The molecule has 0 amide bonds. The second kappa shape index (κ2) is 6.47. The van der Waals surface area contributed by atoms with Crippen LogP contribution in [0.25, 0.3) is 22.6 Å². The molecule has 0 N–H and O–H groups in total. The van der Waals surface area contributed by atoms with Gasteiger partial charge in [0.05, 0.1) is 13.4 Å². The summed E-state index contributed by atoms with van der Waals surface area (Å²) in [5, 5.41) is 9.55. The summed E-state index contributed by atoms with van der Waals surface area (Å²) in [7, 11) is 5.48. The van der Waals surface area contributed by atoms with Gasteiger partial charge in [0.2, 0.25) is 5.88 Å². The highest BCUT2D eigenvalue weighted by molar-refractivity contribution is 5.77. The molecular weight excluding hydrogens is 302 g/mol. The number of aromatic nitrogens is 1. The van der Waals surface area contributed by atoms with Crippen molar-refractivity contribution >= 4 is 5.69 Å². The quantitative estimate of drug-likeness (QED) is 0.728. The van der Waals surface area contributed by atoms with Gasteiger partial charge in [0, 0.05) is 25.3 Å². The second-order valence-electron chi connectivity index (χ2n) is 5.47. The van der Waals surface area contributed by atoms with Crippen LogP contribution in [0, 0.1) is 11.3 Å². The fraction of sp³-hybridized carbons (Fsp3) is 0.158. The van der Waals surface area contributed by atoms with E-state index >= 15 is 0 Å². The minimum atomic E-state index is 0.290. The Morgan fingerprint density at radius 2 is 1.92 bits per heavy atom. The average molecular weight is 319 g/mol. The number of nitrogens with zero attached hydrogens (tertiary/aromatic N) is 3. The molecule has 0 radical (unpaired) electrons. The Kier molecular flexibility index (Phi) is 4.21. The molecule has 3 aromatic rings. The zero-order valence-corrected chi connectivity index (χ0v) is 13.8. The molecule has 5 nitrogen and oxygen atoms in total. The van der Waals surface area contributed by atoms with Crippen LogP contribution in [-0.4, -0.2) is 26.2 Å². The second-order valence-corrected chi connectivity index (χ2v) is 5.47. The predicted octanol–water partition coefficient (Wildman–Crippen LogP) is 3.95. The largest absolute Gasteiger partial charge is 0.480 e. The van der Waals surface area contributed by atoms with Gasteiger partial charge in [-0.15, -0.1) is 0 Å². The first-order valence-electron chi connectivity index (χ1n) is 7.45. The number of anilines is 1. The van der Waals surface area contributed by atoms with Crippen molar-refractivity contribution in [2.75, 3.05) is 26.1 Å². The first kappa shape index (κ1) is 15.6. The highest BCUT2D eigenvalue weighted by atomic mass is 16.5. The molecule has 0 saturated heterocycles. The fourth-order valence-electron chi connectivity index (χ4n) is 2.49. The van der Waals surface area contributed by atoms with Crippen LogP contribution < -0.4 is 9.64 Å². The summed E-state index contributed by atoms with van der Waals surface area (Å²) in [5.74, 6) is 0.919. The van der Waals surface area contributed by atoms with E-state index in [0.717, 1.165) is 16.8 Å².